The highest BCUT2D eigenvalue weighted by Crippen LogP contribution is 2.34. The molecule has 4 rings (SSSR count). The SMILES string of the molecule is Cc1cc(C(=O)O)nn1Cc1cccc2sc(C3=CCCC3)nc12. The van der Waals surface area contributed by atoms with Gasteiger partial charge in [0, 0.05) is 11.3 Å². The summed E-state index contributed by atoms with van der Waals surface area (Å²) in [4.78, 5) is 15.9. The lowest BCUT2D eigenvalue weighted by Crippen LogP contribution is -2.06. The van der Waals surface area contributed by atoms with Gasteiger partial charge in [0.05, 0.1) is 16.8 Å². The molecular weight excluding hydrogens is 322 g/mol. The van der Waals surface area contributed by atoms with E-state index in [0.29, 0.717) is 6.54 Å². The van der Waals surface area contributed by atoms with E-state index in [-0.39, 0.29) is 5.69 Å². The molecule has 1 aliphatic carbocycles. The maximum Gasteiger partial charge on any atom is 0.356 e. The molecule has 24 heavy (non-hydrogen) atoms. The Bertz CT molecular complexity index is 968. The summed E-state index contributed by atoms with van der Waals surface area (Å²) in [7, 11) is 0. The first-order chi connectivity index (χ1) is 11.6. The molecule has 0 atom stereocenters. The standard InChI is InChI=1S/C18H17N3O2S/c1-11-9-14(18(22)23)20-21(11)10-13-7-4-8-15-16(13)19-17(24-15)12-5-2-3-6-12/h4-5,7-9H,2-3,6,10H2,1H3,(H,22,23). The topological polar surface area (TPSA) is 68.0 Å². The molecule has 0 radical (unpaired) electrons. The number of benzene rings is 1. The first-order valence-electron chi connectivity index (χ1n) is 7.97. The van der Waals surface area contributed by atoms with Crippen LogP contribution in [0.1, 0.15) is 46.0 Å². The van der Waals surface area contributed by atoms with E-state index in [1.54, 1.807) is 22.1 Å². The van der Waals surface area contributed by atoms with Crippen LogP contribution in [0, 0.1) is 6.92 Å². The second-order valence-corrected chi connectivity index (χ2v) is 7.07. The molecule has 5 nitrogen and oxygen atoms in total. The molecule has 1 aromatic carbocycles. The van der Waals surface area contributed by atoms with Gasteiger partial charge in [-0.3, -0.25) is 4.68 Å². The number of hydrogen-bond acceptors (Lipinski definition) is 4. The molecule has 0 bridgehead atoms. The molecule has 0 aliphatic heterocycles. The zero-order chi connectivity index (χ0) is 16.7. The van der Waals surface area contributed by atoms with Gasteiger partial charge in [0.2, 0.25) is 0 Å². The Labute approximate surface area is 143 Å². The highest BCUT2D eigenvalue weighted by atomic mass is 32.1. The van der Waals surface area contributed by atoms with Crippen LogP contribution >= 0.6 is 11.3 Å². The van der Waals surface area contributed by atoms with Gasteiger partial charge in [-0.05, 0) is 43.9 Å². The predicted octanol–water partition coefficient (Wildman–Crippen LogP) is 4.12. The van der Waals surface area contributed by atoms with E-state index >= 15 is 0 Å². The predicted molar refractivity (Wildman–Crippen MR) is 94.5 cm³/mol. The number of carboxylic acids is 1. The summed E-state index contributed by atoms with van der Waals surface area (Å²) < 4.78 is 2.89. The van der Waals surface area contributed by atoms with Crippen LogP contribution in [0.4, 0.5) is 0 Å². The van der Waals surface area contributed by atoms with E-state index in [2.05, 4.69) is 17.2 Å². The summed E-state index contributed by atoms with van der Waals surface area (Å²) in [5.41, 5.74) is 4.33. The summed E-state index contributed by atoms with van der Waals surface area (Å²) in [6, 6.07) is 7.75. The number of allylic oxidation sites excluding steroid dienone is 2. The van der Waals surface area contributed by atoms with Crippen LogP contribution < -0.4 is 0 Å². The van der Waals surface area contributed by atoms with Crippen molar-refractivity contribution in [3.05, 3.63) is 52.3 Å². The molecule has 0 saturated carbocycles. The third-order valence-corrected chi connectivity index (χ3v) is 5.43. The van der Waals surface area contributed by atoms with Gasteiger partial charge >= 0.3 is 5.97 Å². The third kappa shape index (κ3) is 2.63. The molecule has 122 valence electrons. The molecule has 1 N–H and O–H groups in total. The maximum atomic E-state index is 11.1. The molecule has 0 spiro atoms. The van der Waals surface area contributed by atoms with Crippen LogP contribution in [0.2, 0.25) is 0 Å². The van der Waals surface area contributed by atoms with Crippen molar-refractivity contribution in [3.8, 4) is 0 Å². The van der Waals surface area contributed by atoms with E-state index in [9.17, 15) is 4.79 Å². The van der Waals surface area contributed by atoms with Gasteiger partial charge in [-0.15, -0.1) is 11.3 Å². The number of aromatic nitrogens is 3. The fraction of sp³-hybridized carbons (Fsp3) is 0.278. The summed E-state index contributed by atoms with van der Waals surface area (Å²) in [5, 5.41) is 14.4. The van der Waals surface area contributed by atoms with Crippen molar-refractivity contribution in [1.29, 1.82) is 0 Å². The highest BCUT2D eigenvalue weighted by molar-refractivity contribution is 7.19. The molecule has 3 aromatic rings. The first kappa shape index (κ1) is 15.1. The van der Waals surface area contributed by atoms with E-state index < -0.39 is 5.97 Å². The number of rotatable bonds is 4. The summed E-state index contributed by atoms with van der Waals surface area (Å²) in [5.74, 6) is -1.00. The monoisotopic (exact) mass is 339 g/mol. The Morgan fingerprint density at radius 3 is 3.00 bits per heavy atom. The van der Waals surface area contributed by atoms with Crippen molar-refractivity contribution >= 4 is 33.1 Å². The van der Waals surface area contributed by atoms with E-state index in [1.165, 1.54) is 16.7 Å². The number of carbonyl (C=O) groups is 1. The number of carboxylic acid groups (broad SMARTS) is 1. The number of aromatic carboxylic acids is 1. The largest absolute Gasteiger partial charge is 0.476 e. The minimum absolute atomic E-state index is 0.0785. The maximum absolute atomic E-state index is 11.1. The normalized spacial score (nSPS) is 14.3. The van der Waals surface area contributed by atoms with Gasteiger partial charge in [-0.1, -0.05) is 18.2 Å². The Morgan fingerprint density at radius 1 is 1.42 bits per heavy atom. The zero-order valence-electron chi connectivity index (χ0n) is 13.3. The molecule has 6 heteroatoms. The summed E-state index contributed by atoms with van der Waals surface area (Å²) >= 11 is 1.73. The minimum Gasteiger partial charge on any atom is -0.476 e. The van der Waals surface area contributed by atoms with Gasteiger partial charge in [-0.25, -0.2) is 9.78 Å². The van der Waals surface area contributed by atoms with Gasteiger partial charge in [0.15, 0.2) is 5.69 Å². The van der Waals surface area contributed by atoms with Crippen LogP contribution in [0.25, 0.3) is 15.8 Å². The average molecular weight is 339 g/mol. The molecule has 0 amide bonds. The number of nitrogens with zero attached hydrogens (tertiary/aromatic N) is 3. The number of thiazole rings is 1. The summed E-state index contributed by atoms with van der Waals surface area (Å²) in [6.07, 6.45) is 5.74. The van der Waals surface area contributed by atoms with E-state index in [1.807, 2.05) is 19.1 Å². The zero-order valence-corrected chi connectivity index (χ0v) is 14.1. The average Bonchev–Trinajstić information content (AvgIpc) is 3.26. The van der Waals surface area contributed by atoms with Crippen LogP contribution in [0.3, 0.4) is 0 Å². The molecule has 0 saturated heterocycles. The first-order valence-corrected chi connectivity index (χ1v) is 8.79. The highest BCUT2D eigenvalue weighted by Gasteiger charge is 2.16. The quantitative estimate of drug-likeness (QED) is 0.776. The van der Waals surface area contributed by atoms with Crippen molar-refractivity contribution < 1.29 is 9.90 Å². The number of hydrogen-bond donors (Lipinski definition) is 1. The Hall–Kier alpha value is -2.47. The van der Waals surface area contributed by atoms with Crippen LogP contribution in [0.5, 0.6) is 0 Å². The minimum atomic E-state index is -1.00. The van der Waals surface area contributed by atoms with Crippen LogP contribution in [0.15, 0.2) is 30.3 Å². The van der Waals surface area contributed by atoms with Crippen molar-refractivity contribution in [2.45, 2.75) is 32.7 Å². The second-order valence-electron chi connectivity index (χ2n) is 6.04. The molecular formula is C18H17N3O2S. The lowest BCUT2D eigenvalue weighted by Gasteiger charge is -2.05. The Morgan fingerprint density at radius 2 is 2.29 bits per heavy atom. The number of para-hydroxylation sites is 1. The lowest BCUT2D eigenvalue weighted by atomic mass is 10.2. The summed E-state index contributed by atoms with van der Waals surface area (Å²) in [6.45, 7) is 2.40. The van der Waals surface area contributed by atoms with Crippen molar-refractivity contribution in [1.82, 2.24) is 14.8 Å². The second kappa shape index (κ2) is 5.87. The molecule has 0 fully saturated rings. The van der Waals surface area contributed by atoms with Gasteiger partial charge in [-0.2, -0.15) is 5.10 Å². The smallest absolute Gasteiger partial charge is 0.356 e. The molecule has 1 aliphatic rings. The Balaban J connectivity index is 1.73. The fourth-order valence-electron chi connectivity index (χ4n) is 3.07. The van der Waals surface area contributed by atoms with E-state index in [0.717, 1.165) is 34.6 Å². The van der Waals surface area contributed by atoms with Crippen molar-refractivity contribution in [2.75, 3.05) is 0 Å². The molecule has 2 heterocycles. The number of fused-ring (bicyclic) bond motifs is 1. The van der Waals surface area contributed by atoms with Crippen LogP contribution in [-0.4, -0.2) is 25.8 Å². The van der Waals surface area contributed by atoms with E-state index in [4.69, 9.17) is 10.1 Å². The molecule has 0 unspecified atom stereocenters. The fourth-order valence-corrected chi connectivity index (χ4v) is 4.15. The van der Waals surface area contributed by atoms with Gasteiger partial charge < -0.3 is 5.11 Å². The molecule has 2 aromatic heterocycles. The van der Waals surface area contributed by atoms with Crippen LogP contribution in [-0.2, 0) is 6.54 Å². The Kier molecular flexibility index (Phi) is 3.69. The third-order valence-electron chi connectivity index (χ3n) is 4.34. The van der Waals surface area contributed by atoms with Crippen molar-refractivity contribution in [2.24, 2.45) is 0 Å². The van der Waals surface area contributed by atoms with Gasteiger partial charge in [0.1, 0.15) is 5.01 Å². The van der Waals surface area contributed by atoms with Gasteiger partial charge in [0.25, 0.3) is 0 Å². The lowest BCUT2D eigenvalue weighted by molar-refractivity contribution is 0.0689. The van der Waals surface area contributed by atoms with Crippen molar-refractivity contribution in [3.63, 3.8) is 0 Å². The number of aryl methyl sites for hydroxylation is 1.